The van der Waals surface area contributed by atoms with Crippen LogP contribution in [-0.2, 0) is 19.5 Å². The lowest BCUT2D eigenvalue weighted by atomic mass is 10.0. The second kappa shape index (κ2) is 9.83. The summed E-state index contributed by atoms with van der Waals surface area (Å²) in [5.41, 5.74) is 4.21. The maximum absolute atomic E-state index is 13.3. The topological polar surface area (TPSA) is 81.7 Å². The standard InChI is InChI=1S/C26H34N4O3/c1-5-29(4)10-11-33-20-8-7-18-15-30(16-19(18)12-20)26(32)22-13-21-23(9-6-17(2)3)27-28-24(21)14-25(22)31/h7-8,12-14,17,31H,5-6,9-11,15-16H2,1-4H3,(H,27,28). The molecule has 0 aliphatic carbocycles. The first kappa shape index (κ1) is 23.1. The molecule has 2 heterocycles. The highest BCUT2D eigenvalue weighted by Crippen LogP contribution is 2.32. The van der Waals surface area contributed by atoms with Gasteiger partial charge in [-0.2, -0.15) is 5.10 Å². The Morgan fingerprint density at radius 3 is 2.79 bits per heavy atom. The van der Waals surface area contributed by atoms with Crippen LogP contribution < -0.4 is 4.74 Å². The van der Waals surface area contributed by atoms with E-state index in [0.717, 1.165) is 59.4 Å². The van der Waals surface area contributed by atoms with Crippen LogP contribution >= 0.6 is 0 Å². The van der Waals surface area contributed by atoms with Gasteiger partial charge in [-0.25, -0.2) is 0 Å². The minimum atomic E-state index is -0.173. The molecule has 2 aromatic carbocycles. The fourth-order valence-corrected chi connectivity index (χ4v) is 4.15. The summed E-state index contributed by atoms with van der Waals surface area (Å²) in [6, 6.07) is 9.42. The first-order valence-corrected chi connectivity index (χ1v) is 11.8. The molecule has 0 spiro atoms. The number of rotatable bonds is 9. The Morgan fingerprint density at radius 1 is 1.24 bits per heavy atom. The number of hydrogen-bond donors (Lipinski definition) is 2. The van der Waals surface area contributed by atoms with Crippen LogP contribution in [0.1, 0.15) is 54.4 Å². The molecule has 0 bridgehead atoms. The number of fused-ring (bicyclic) bond motifs is 2. The number of carbonyl (C=O) groups excluding carboxylic acids is 1. The summed E-state index contributed by atoms with van der Waals surface area (Å²) in [7, 11) is 2.07. The lowest BCUT2D eigenvalue weighted by molar-refractivity contribution is 0.0748. The van der Waals surface area contributed by atoms with Crippen LogP contribution in [0.15, 0.2) is 30.3 Å². The number of phenols is 1. The van der Waals surface area contributed by atoms with Gasteiger partial charge in [-0.3, -0.25) is 9.89 Å². The van der Waals surface area contributed by atoms with Crippen molar-refractivity contribution in [2.45, 2.75) is 46.7 Å². The third-order valence-electron chi connectivity index (χ3n) is 6.42. The molecule has 1 aromatic heterocycles. The molecule has 1 amide bonds. The van der Waals surface area contributed by atoms with Crippen molar-refractivity contribution in [3.8, 4) is 11.5 Å². The van der Waals surface area contributed by atoms with Gasteiger partial charge >= 0.3 is 0 Å². The Labute approximate surface area is 195 Å². The number of aromatic nitrogens is 2. The number of amides is 1. The fourth-order valence-electron chi connectivity index (χ4n) is 4.15. The van der Waals surface area contributed by atoms with Gasteiger partial charge in [0.1, 0.15) is 18.1 Å². The van der Waals surface area contributed by atoms with Crippen molar-refractivity contribution < 1.29 is 14.6 Å². The molecule has 0 unspecified atom stereocenters. The van der Waals surface area contributed by atoms with E-state index in [4.69, 9.17) is 4.74 Å². The van der Waals surface area contributed by atoms with Crippen LogP contribution in [0.4, 0.5) is 0 Å². The fraction of sp³-hybridized carbons (Fsp3) is 0.462. The molecule has 33 heavy (non-hydrogen) atoms. The van der Waals surface area contributed by atoms with E-state index >= 15 is 0 Å². The summed E-state index contributed by atoms with van der Waals surface area (Å²) in [6.45, 7) is 9.99. The van der Waals surface area contributed by atoms with Crippen molar-refractivity contribution in [1.29, 1.82) is 0 Å². The van der Waals surface area contributed by atoms with Crippen molar-refractivity contribution in [1.82, 2.24) is 20.0 Å². The van der Waals surface area contributed by atoms with E-state index in [2.05, 4.69) is 42.9 Å². The monoisotopic (exact) mass is 450 g/mol. The lowest BCUT2D eigenvalue weighted by Gasteiger charge is -2.16. The molecule has 4 rings (SSSR count). The Balaban J connectivity index is 1.48. The number of likely N-dealkylation sites (N-methyl/N-ethyl adjacent to an activating group) is 1. The van der Waals surface area contributed by atoms with E-state index in [9.17, 15) is 9.90 Å². The average Bonchev–Trinajstić information content (AvgIpc) is 3.39. The molecule has 176 valence electrons. The van der Waals surface area contributed by atoms with Crippen LogP contribution in [0, 0.1) is 5.92 Å². The quantitative estimate of drug-likeness (QED) is 0.507. The Kier molecular flexibility index (Phi) is 6.88. The van der Waals surface area contributed by atoms with Crippen LogP contribution in [0.5, 0.6) is 11.5 Å². The van der Waals surface area contributed by atoms with Crippen molar-refractivity contribution in [3.05, 3.63) is 52.7 Å². The highest BCUT2D eigenvalue weighted by Gasteiger charge is 2.27. The third kappa shape index (κ3) is 5.14. The molecule has 0 saturated carbocycles. The number of aromatic amines is 1. The zero-order valence-electron chi connectivity index (χ0n) is 20.0. The predicted molar refractivity (Wildman–Crippen MR) is 130 cm³/mol. The molecular formula is C26H34N4O3. The minimum Gasteiger partial charge on any atom is -0.507 e. The SMILES string of the molecule is CCN(C)CCOc1ccc2c(c1)CN(C(=O)c1cc3c(CCC(C)C)n[nH]c3cc1O)C2. The number of nitrogens with one attached hydrogen (secondary N) is 1. The van der Waals surface area contributed by atoms with E-state index in [1.807, 2.05) is 18.2 Å². The number of aryl methyl sites for hydroxylation is 1. The van der Waals surface area contributed by atoms with Gasteiger partial charge in [0, 0.05) is 31.1 Å². The molecule has 7 nitrogen and oxygen atoms in total. The molecule has 0 fully saturated rings. The zero-order chi connectivity index (χ0) is 23.5. The molecule has 0 atom stereocenters. The molecule has 0 radical (unpaired) electrons. The van der Waals surface area contributed by atoms with Gasteiger partial charge in [0.05, 0.1) is 16.8 Å². The van der Waals surface area contributed by atoms with Crippen molar-refractivity contribution in [2.24, 2.45) is 5.92 Å². The Bertz CT molecular complexity index is 1140. The number of hydrogen-bond acceptors (Lipinski definition) is 5. The summed E-state index contributed by atoms with van der Waals surface area (Å²) < 4.78 is 5.90. The van der Waals surface area contributed by atoms with Gasteiger partial charge in [0.15, 0.2) is 0 Å². The number of ether oxygens (including phenoxy) is 1. The number of aromatic hydroxyl groups is 1. The largest absolute Gasteiger partial charge is 0.507 e. The zero-order valence-corrected chi connectivity index (χ0v) is 20.0. The molecule has 7 heteroatoms. The average molecular weight is 451 g/mol. The van der Waals surface area contributed by atoms with Gasteiger partial charge in [-0.05, 0) is 61.7 Å². The summed E-state index contributed by atoms with van der Waals surface area (Å²) in [5.74, 6) is 1.20. The number of phenolic OH excluding ortho intramolecular Hbond substituents is 1. The number of carbonyl (C=O) groups is 1. The van der Waals surface area contributed by atoms with Crippen LogP contribution in [0.3, 0.4) is 0 Å². The first-order chi connectivity index (χ1) is 15.9. The van der Waals surface area contributed by atoms with Gasteiger partial charge in [0.2, 0.25) is 0 Å². The van der Waals surface area contributed by atoms with Crippen molar-refractivity contribution >= 4 is 16.8 Å². The third-order valence-corrected chi connectivity index (χ3v) is 6.42. The van der Waals surface area contributed by atoms with Gasteiger partial charge < -0.3 is 19.6 Å². The van der Waals surface area contributed by atoms with Crippen molar-refractivity contribution in [3.63, 3.8) is 0 Å². The van der Waals surface area contributed by atoms with E-state index in [1.54, 1.807) is 17.0 Å². The van der Waals surface area contributed by atoms with Gasteiger partial charge in [0.25, 0.3) is 5.91 Å². The van der Waals surface area contributed by atoms with Crippen LogP contribution in [-0.4, -0.2) is 57.8 Å². The highest BCUT2D eigenvalue weighted by atomic mass is 16.5. The number of benzene rings is 2. The molecule has 2 N–H and O–H groups in total. The van der Waals surface area contributed by atoms with E-state index in [-0.39, 0.29) is 11.7 Å². The highest BCUT2D eigenvalue weighted by molar-refractivity contribution is 6.01. The molecule has 0 saturated heterocycles. The smallest absolute Gasteiger partial charge is 0.258 e. The Morgan fingerprint density at radius 2 is 2.03 bits per heavy atom. The van der Waals surface area contributed by atoms with Crippen LogP contribution in [0.2, 0.25) is 0 Å². The van der Waals surface area contributed by atoms with Crippen LogP contribution in [0.25, 0.3) is 10.9 Å². The van der Waals surface area contributed by atoms with Gasteiger partial charge in [-0.15, -0.1) is 0 Å². The summed E-state index contributed by atoms with van der Waals surface area (Å²) in [6.07, 6.45) is 1.85. The molecule has 1 aliphatic rings. The van der Waals surface area contributed by atoms with E-state index in [0.29, 0.717) is 31.2 Å². The number of H-pyrrole nitrogens is 1. The van der Waals surface area contributed by atoms with E-state index < -0.39 is 0 Å². The molecular weight excluding hydrogens is 416 g/mol. The maximum Gasteiger partial charge on any atom is 0.258 e. The first-order valence-electron chi connectivity index (χ1n) is 11.8. The lowest BCUT2D eigenvalue weighted by Crippen LogP contribution is -2.25. The maximum atomic E-state index is 13.3. The summed E-state index contributed by atoms with van der Waals surface area (Å²) >= 11 is 0. The summed E-state index contributed by atoms with van der Waals surface area (Å²) in [4.78, 5) is 17.3. The molecule has 1 aliphatic heterocycles. The number of nitrogens with zero attached hydrogens (tertiary/aromatic N) is 3. The minimum absolute atomic E-state index is 0.0217. The van der Waals surface area contributed by atoms with E-state index in [1.165, 1.54) is 0 Å². The predicted octanol–water partition coefficient (Wildman–Crippen LogP) is 4.34. The van der Waals surface area contributed by atoms with Crippen molar-refractivity contribution in [2.75, 3.05) is 26.7 Å². The molecule has 3 aromatic rings. The second-order valence-corrected chi connectivity index (χ2v) is 9.35. The normalized spacial score (nSPS) is 13.3. The Hall–Kier alpha value is -3.06. The second-order valence-electron chi connectivity index (χ2n) is 9.35. The van der Waals surface area contributed by atoms with Gasteiger partial charge in [-0.1, -0.05) is 26.8 Å². The summed E-state index contributed by atoms with van der Waals surface area (Å²) in [5, 5.41) is 18.9.